The number of rotatable bonds is 3. The molecule has 0 spiro atoms. The van der Waals surface area contributed by atoms with Crippen molar-refractivity contribution in [2.45, 2.75) is 32.4 Å². The lowest BCUT2D eigenvalue weighted by molar-refractivity contribution is -0.137. The van der Waals surface area contributed by atoms with Crippen LogP contribution in [-0.4, -0.2) is 39.4 Å². The molecule has 1 aromatic carbocycles. The lowest BCUT2D eigenvalue weighted by Gasteiger charge is -2.42. The van der Waals surface area contributed by atoms with Gasteiger partial charge in [0.05, 0.1) is 23.1 Å². The van der Waals surface area contributed by atoms with Gasteiger partial charge in [-0.3, -0.25) is 9.69 Å². The highest BCUT2D eigenvalue weighted by Crippen LogP contribution is 2.24. The molecule has 106 valence electrons. The first-order valence-corrected chi connectivity index (χ1v) is 7.10. The summed E-state index contributed by atoms with van der Waals surface area (Å²) in [7, 11) is 0. The number of benzene rings is 1. The Morgan fingerprint density at radius 3 is 2.95 bits per heavy atom. The number of imidazole rings is 1. The first-order valence-electron chi connectivity index (χ1n) is 7.10. The first kappa shape index (κ1) is 13.1. The molecule has 2 heterocycles. The average Bonchev–Trinajstić information content (AvgIpc) is 2.86. The van der Waals surface area contributed by atoms with Crippen LogP contribution in [0.15, 0.2) is 24.3 Å². The number of carbonyl (C=O) groups is 1. The summed E-state index contributed by atoms with van der Waals surface area (Å²) in [5, 5.41) is 2.95. The fourth-order valence-electron chi connectivity index (χ4n) is 2.78. The summed E-state index contributed by atoms with van der Waals surface area (Å²) in [6.07, 6.45) is 0.791. The van der Waals surface area contributed by atoms with Gasteiger partial charge in [0.15, 0.2) is 0 Å². The highest BCUT2D eigenvalue weighted by atomic mass is 16.2. The second-order valence-electron chi connectivity index (χ2n) is 5.51. The number of hydrogen-bond donors (Lipinski definition) is 2. The smallest absolute Gasteiger partial charge is 0.240 e. The molecule has 1 aromatic heterocycles. The van der Waals surface area contributed by atoms with Crippen molar-refractivity contribution in [1.29, 1.82) is 0 Å². The second-order valence-corrected chi connectivity index (χ2v) is 5.51. The van der Waals surface area contributed by atoms with Crippen molar-refractivity contribution in [2.24, 2.45) is 0 Å². The monoisotopic (exact) mass is 272 g/mol. The third kappa shape index (κ3) is 2.08. The number of amides is 1. The molecule has 1 saturated heterocycles. The maximum Gasteiger partial charge on any atom is 0.240 e. The maximum absolute atomic E-state index is 12.1. The molecule has 1 amide bonds. The van der Waals surface area contributed by atoms with E-state index in [0.29, 0.717) is 13.1 Å². The van der Waals surface area contributed by atoms with E-state index in [9.17, 15) is 4.79 Å². The summed E-state index contributed by atoms with van der Waals surface area (Å²) in [4.78, 5) is 22.3. The van der Waals surface area contributed by atoms with Crippen molar-refractivity contribution >= 4 is 16.9 Å². The summed E-state index contributed by atoms with van der Waals surface area (Å²) in [5.41, 5.74) is 1.57. The zero-order valence-corrected chi connectivity index (χ0v) is 11.9. The van der Waals surface area contributed by atoms with E-state index in [2.05, 4.69) is 27.1 Å². The standard InChI is InChI=1S/C15H20N4O/c1-3-15(2)14(20)16-8-9-19(15)10-13-17-11-6-4-5-7-12(11)18-13/h4-7H,3,8-10H2,1-2H3,(H,16,20)(H,17,18)/t15-/m0/s1. The Labute approximate surface area is 118 Å². The molecule has 0 radical (unpaired) electrons. The van der Waals surface area contributed by atoms with Crippen molar-refractivity contribution in [1.82, 2.24) is 20.2 Å². The highest BCUT2D eigenvalue weighted by molar-refractivity contribution is 5.86. The zero-order chi connectivity index (χ0) is 14.2. The van der Waals surface area contributed by atoms with Crippen LogP contribution >= 0.6 is 0 Å². The summed E-state index contributed by atoms with van der Waals surface area (Å²) in [6.45, 7) is 6.29. The van der Waals surface area contributed by atoms with Gasteiger partial charge in [0.2, 0.25) is 5.91 Å². The molecule has 0 unspecified atom stereocenters. The number of nitrogens with one attached hydrogen (secondary N) is 2. The van der Waals surface area contributed by atoms with E-state index < -0.39 is 5.54 Å². The molecular formula is C15H20N4O. The average molecular weight is 272 g/mol. The molecule has 1 aliphatic rings. The Hall–Kier alpha value is -1.88. The van der Waals surface area contributed by atoms with E-state index >= 15 is 0 Å². The molecular weight excluding hydrogens is 252 g/mol. The fraction of sp³-hybridized carbons (Fsp3) is 0.467. The minimum atomic E-state index is -0.447. The third-order valence-corrected chi connectivity index (χ3v) is 4.32. The van der Waals surface area contributed by atoms with E-state index in [-0.39, 0.29) is 5.91 Å². The minimum absolute atomic E-state index is 0.113. The predicted octanol–water partition coefficient (Wildman–Crippen LogP) is 1.66. The SMILES string of the molecule is CC[C@@]1(C)C(=O)NCCN1Cc1nc2ccccc2[nH]1. The molecule has 0 saturated carbocycles. The van der Waals surface area contributed by atoms with E-state index in [1.807, 2.05) is 31.2 Å². The van der Waals surface area contributed by atoms with E-state index in [1.54, 1.807) is 0 Å². The number of piperazine rings is 1. The van der Waals surface area contributed by atoms with E-state index in [0.717, 1.165) is 29.8 Å². The zero-order valence-electron chi connectivity index (χ0n) is 11.9. The molecule has 2 N–H and O–H groups in total. The number of H-pyrrole nitrogens is 1. The lowest BCUT2D eigenvalue weighted by Crippen LogP contribution is -2.62. The Balaban J connectivity index is 1.87. The van der Waals surface area contributed by atoms with Gasteiger partial charge >= 0.3 is 0 Å². The molecule has 5 heteroatoms. The van der Waals surface area contributed by atoms with Crippen LogP contribution in [0.1, 0.15) is 26.1 Å². The van der Waals surface area contributed by atoms with Crippen molar-refractivity contribution in [3.63, 3.8) is 0 Å². The van der Waals surface area contributed by atoms with Gasteiger partial charge in [0.25, 0.3) is 0 Å². The molecule has 1 fully saturated rings. The quantitative estimate of drug-likeness (QED) is 0.893. The van der Waals surface area contributed by atoms with Gasteiger partial charge in [-0.15, -0.1) is 0 Å². The minimum Gasteiger partial charge on any atom is -0.353 e. The summed E-state index contributed by atoms with van der Waals surface area (Å²) >= 11 is 0. The molecule has 5 nitrogen and oxygen atoms in total. The van der Waals surface area contributed by atoms with Gasteiger partial charge < -0.3 is 10.3 Å². The maximum atomic E-state index is 12.1. The van der Waals surface area contributed by atoms with Crippen LogP contribution in [0, 0.1) is 0 Å². The van der Waals surface area contributed by atoms with Crippen molar-refractivity contribution in [3.8, 4) is 0 Å². The number of hydrogen-bond acceptors (Lipinski definition) is 3. The summed E-state index contributed by atoms with van der Waals surface area (Å²) in [5.74, 6) is 1.03. The van der Waals surface area contributed by atoms with Crippen LogP contribution in [0.5, 0.6) is 0 Å². The number of aromatic amines is 1. The van der Waals surface area contributed by atoms with Crippen LogP contribution in [0.25, 0.3) is 11.0 Å². The van der Waals surface area contributed by atoms with Crippen LogP contribution in [-0.2, 0) is 11.3 Å². The lowest BCUT2D eigenvalue weighted by atomic mass is 9.93. The van der Waals surface area contributed by atoms with Crippen LogP contribution in [0.2, 0.25) is 0 Å². The number of carbonyl (C=O) groups excluding carboxylic acids is 1. The fourth-order valence-corrected chi connectivity index (χ4v) is 2.78. The van der Waals surface area contributed by atoms with E-state index in [1.165, 1.54) is 0 Å². The van der Waals surface area contributed by atoms with Gasteiger partial charge in [0, 0.05) is 13.1 Å². The van der Waals surface area contributed by atoms with Gasteiger partial charge in [-0.25, -0.2) is 4.98 Å². The number of nitrogens with zero attached hydrogens (tertiary/aromatic N) is 2. The Kier molecular flexibility index (Phi) is 3.22. The summed E-state index contributed by atoms with van der Waals surface area (Å²) < 4.78 is 0. The summed E-state index contributed by atoms with van der Waals surface area (Å²) in [6, 6.07) is 8.00. The van der Waals surface area contributed by atoms with Gasteiger partial charge in [-0.1, -0.05) is 19.1 Å². The number of aromatic nitrogens is 2. The largest absolute Gasteiger partial charge is 0.353 e. The molecule has 0 aliphatic carbocycles. The second kappa shape index (κ2) is 4.90. The third-order valence-electron chi connectivity index (χ3n) is 4.32. The normalized spacial score (nSPS) is 24.0. The molecule has 1 atom stereocenters. The molecule has 2 aromatic rings. The first-order chi connectivity index (χ1) is 9.63. The predicted molar refractivity (Wildman–Crippen MR) is 78.2 cm³/mol. The van der Waals surface area contributed by atoms with Crippen molar-refractivity contribution < 1.29 is 4.79 Å². The van der Waals surface area contributed by atoms with Gasteiger partial charge in [0.1, 0.15) is 5.82 Å². The van der Waals surface area contributed by atoms with Crippen LogP contribution in [0.3, 0.4) is 0 Å². The van der Waals surface area contributed by atoms with E-state index in [4.69, 9.17) is 0 Å². The topological polar surface area (TPSA) is 61.0 Å². The van der Waals surface area contributed by atoms with Crippen molar-refractivity contribution in [2.75, 3.05) is 13.1 Å². The highest BCUT2D eigenvalue weighted by Gasteiger charge is 2.40. The van der Waals surface area contributed by atoms with Gasteiger partial charge in [-0.05, 0) is 25.5 Å². The molecule has 20 heavy (non-hydrogen) atoms. The Morgan fingerprint density at radius 2 is 2.20 bits per heavy atom. The number of para-hydroxylation sites is 2. The van der Waals surface area contributed by atoms with Gasteiger partial charge in [-0.2, -0.15) is 0 Å². The molecule has 0 bridgehead atoms. The van der Waals surface area contributed by atoms with Crippen LogP contribution in [0.4, 0.5) is 0 Å². The van der Waals surface area contributed by atoms with Crippen molar-refractivity contribution in [3.05, 3.63) is 30.1 Å². The van der Waals surface area contributed by atoms with Crippen LogP contribution < -0.4 is 5.32 Å². The Bertz CT molecular complexity index is 603. The molecule has 3 rings (SSSR count). The Morgan fingerprint density at radius 1 is 1.40 bits per heavy atom. The molecule has 1 aliphatic heterocycles. The number of fused-ring (bicyclic) bond motifs is 1.